The second kappa shape index (κ2) is 8.73. The van der Waals surface area contributed by atoms with Crippen LogP contribution in [0.2, 0.25) is 0 Å². The second-order valence-corrected chi connectivity index (χ2v) is 6.35. The van der Waals surface area contributed by atoms with Crippen molar-refractivity contribution in [3.05, 3.63) is 48.3 Å². The number of nitrogens with zero attached hydrogens (tertiary/aromatic N) is 2. The van der Waals surface area contributed by atoms with Gasteiger partial charge in [0.25, 0.3) is 0 Å². The third kappa shape index (κ3) is 4.89. The van der Waals surface area contributed by atoms with E-state index in [0.717, 1.165) is 31.9 Å². The molecule has 7 heteroatoms. The molecule has 6 nitrogen and oxygen atoms in total. The lowest BCUT2D eigenvalue weighted by atomic mass is 10.2. The van der Waals surface area contributed by atoms with Gasteiger partial charge in [-0.3, -0.25) is 9.69 Å². The van der Waals surface area contributed by atoms with Crippen molar-refractivity contribution in [2.45, 2.75) is 0 Å². The van der Waals surface area contributed by atoms with Gasteiger partial charge in [0, 0.05) is 37.9 Å². The molecular formula is C20H24FN3O3. The van der Waals surface area contributed by atoms with Crippen LogP contribution < -0.4 is 19.7 Å². The van der Waals surface area contributed by atoms with Gasteiger partial charge in [-0.15, -0.1) is 0 Å². The Bertz CT molecular complexity index is 775. The molecule has 27 heavy (non-hydrogen) atoms. The summed E-state index contributed by atoms with van der Waals surface area (Å²) >= 11 is 0. The minimum Gasteiger partial charge on any atom is -0.497 e. The number of rotatable bonds is 6. The summed E-state index contributed by atoms with van der Waals surface area (Å²) in [7, 11) is 3.14. The molecule has 2 aromatic carbocycles. The van der Waals surface area contributed by atoms with E-state index >= 15 is 0 Å². The van der Waals surface area contributed by atoms with E-state index < -0.39 is 0 Å². The molecule has 0 radical (unpaired) electrons. The first-order valence-corrected chi connectivity index (χ1v) is 8.84. The zero-order chi connectivity index (χ0) is 19.2. The molecule has 144 valence electrons. The molecule has 0 atom stereocenters. The van der Waals surface area contributed by atoms with Gasteiger partial charge < -0.3 is 19.7 Å². The number of hydrogen-bond acceptors (Lipinski definition) is 5. The number of ether oxygens (including phenoxy) is 2. The SMILES string of the molecule is COc1ccc(OC)c(NC(=O)CN2CCN(c3ccc(F)cc3)CC2)c1. The molecule has 1 fully saturated rings. The van der Waals surface area contributed by atoms with Gasteiger partial charge in [-0.2, -0.15) is 0 Å². The topological polar surface area (TPSA) is 54.0 Å². The highest BCUT2D eigenvalue weighted by Gasteiger charge is 2.20. The fraction of sp³-hybridized carbons (Fsp3) is 0.350. The normalized spacial score (nSPS) is 14.7. The molecule has 1 aliphatic heterocycles. The zero-order valence-electron chi connectivity index (χ0n) is 15.6. The van der Waals surface area contributed by atoms with Crippen LogP contribution in [0.1, 0.15) is 0 Å². The number of methoxy groups -OCH3 is 2. The summed E-state index contributed by atoms with van der Waals surface area (Å²) in [6.45, 7) is 3.42. The standard InChI is InChI=1S/C20H24FN3O3/c1-26-17-7-8-19(27-2)18(13-17)22-20(25)14-23-9-11-24(12-10-23)16-5-3-15(21)4-6-16/h3-8,13H,9-12,14H2,1-2H3,(H,22,25). The molecule has 0 unspecified atom stereocenters. The molecule has 1 saturated heterocycles. The zero-order valence-corrected chi connectivity index (χ0v) is 15.6. The van der Waals surface area contributed by atoms with E-state index in [0.29, 0.717) is 23.7 Å². The fourth-order valence-electron chi connectivity index (χ4n) is 3.12. The lowest BCUT2D eigenvalue weighted by molar-refractivity contribution is -0.117. The Kier molecular flexibility index (Phi) is 6.13. The van der Waals surface area contributed by atoms with Crippen molar-refractivity contribution in [1.29, 1.82) is 0 Å². The number of carbonyl (C=O) groups is 1. The Balaban J connectivity index is 1.53. The summed E-state index contributed by atoms with van der Waals surface area (Å²) in [5, 5.41) is 2.89. The first-order valence-electron chi connectivity index (χ1n) is 8.84. The number of carbonyl (C=O) groups excluding carboxylic acids is 1. The summed E-state index contributed by atoms with van der Waals surface area (Å²) in [6, 6.07) is 11.8. The Hall–Kier alpha value is -2.80. The number of benzene rings is 2. The number of piperazine rings is 1. The maximum Gasteiger partial charge on any atom is 0.238 e. The molecule has 1 N–H and O–H groups in total. The van der Waals surface area contributed by atoms with Crippen LogP contribution in [0.25, 0.3) is 0 Å². The maximum absolute atomic E-state index is 13.1. The minimum absolute atomic E-state index is 0.100. The van der Waals surface area contributed by atoms with Gasteiger partial charge in [-0.1, -0.05) is 0 Å². The summed E-state index contributed by atoms with van der Waals surface area (Å²) in [4.78, 5) is 16.7. The third-order valence-corrected chi connectivity index (χ3v) is 4.61. The van der Waals surface area contributed by atoms with Crippen LogP contribution in [0.4, 0.5) is 15.8 Å². The minimum atomic E-state index is -0.234. The summed E-state index contributed by atoms with van der Waals surface area (Å²) in [6.07, 6.45) is 0. The van der Waals surface area contributed by atoms with E-state index in [1.165, 1.54) is 12.1 Å². The number of halogens is 1. The molecular weight excluding hydrogens is 349 g/mol. The van der Waals surface area contributed by atoms with E-state index in [4.69, 9.17) is 9.47 Å². The summed E-state index contributed by atoms with van der Waals surface area (Å²) < 4.78 is 23.5. The highest BCUT2D eigenvalue weighted by atomic mass is 19.1. The van der Waals surface area contributed by atoms with Crippen molar-refractivity contribution in [3.8, 4) is 11.5 Å². The quantitative estimate of drug-likeness (QED) is 0.844. The molecule has 1 aliphatic rings. The van der Waals surface area contributed by atoms with Crippen LogP contribution in [0.15, 0.2) is 42.5 Å². The van der Waals surface area contributed by atoms with E-state index in [-0.39, 0.29) is 11.7 Å². The smallest absolute Gasteiger partial charge is 0.238 e. The predicted octanol–water partition coefficient (Wildman–Crippen LogP) is 2.60. The molecule has 0 aliphatic carbocycles. The highest BCUT2D eigenvalue weighted by Crippen LogP contribution is 2.28. The van der Waals surface area contributed by atoms with Crippen molar-refractivity contribution >= 4 is 17.3 Å². The lowest BCUT2D eigenvalue weighted by Crippen LogP contribution is -2.48. The Labute approximate surface area is 158 Å². The van der Waals surface area contributed by atoms with Crippen molar-refractivity contribution in [1.82, 2.24) is 4.90 Å². The van der Waals surface area contributed by atoms with Crippen molar-refractivity contribution < 1.29 is 18.7 Å². The van der Waals surface area contributed by atoms with E-state index in [2.05, 4.69) is 15.1 Å². The second-order valence-electron chi connectivity index (χ2n) is 6.35. The van der Waals surface area contributed by atoms with Crippen LogP contribution in [-0.2, 0) is 4.79 Å². The highest BCUT2D eigenvalue weighted by molar-refractivity contribution is 5.94. The predicted molar refractivity (Wildman–Crippen MR) is 103 cm³/mol. The maximum atomic E-state index is 13.1. The van der Waals surface area contributed by atoms with E-state index in [1.54, 1.807) is 44.6 Å². The summed E-state index contributed by atoms with van der Waals surface area (Å²) in [5.41, 5.74) is 1.59. The average Bonchev–Trinajstić information content (AvgIpc) is 2.69. The number of anilines is 2. The molecule has 0 saturated carbocycles. The van der Waals surface area contributed by atoms with Gasteiger partial charge in [-0.05, 0) is 36.4 Å². The molecule has 1 amide bonds. The van der Waals surface area contributed by atoms with Crippen molar-refractivity contribution in [3.63, 3.8) is 0 Å². The van der Waals surface area contributed by atoms with Gasteiger partial charge in [-0.25, -0.2) is 4.39 Å². The number of nitrogens with one attached hydrogen (secondary N) is 1. The lowest BCUT2D eigenvalue weighted by Gasteiger charge is -2.35. The Morgan fingerprint density at radius 3 is 2.37 bits per heavy atom. The van der Waals surface area contributed by atoms with E-state index in [9.17, 15) is 9.18 Å². The van der Waals surface area contributed by atoms with Gasteiger partial charge in [0.15, 0.2) is 0 Å². The molecule has 0 aromatic heterocycles. The molecule has 1 heterocycles. The first-order chi connectivity index (χ1) is 13.1. The largest absolute Gasteiger partial charge is 0.497 e. The number of hydrogen-bond donors (Lipinski definition) is 1. The van der Waals surface area contributed by atoms with Crippen LogP contribution in [-0.4, -0.2) is 57.8 Å². The van der Waals surface area contributed by atoms with Crippen molar-refractivity contribution in [2.24, 2.45) is 0 Å². The van der Waals surface area contributed by atoms with Crippen molar-refractivity contribution in [2.75, 3.05) is 57.2 Å². The van der Waals surface area contributed by atoms with Crippen LogP contribution >= 0.6 is 0 Å². The fourth-order valence-corrected chi connectivity index (χ4v) is 3.12. The van der Waals surface area contributed by atoms with Crippen LogP contribution in [0.5, 0.6) is 11.5 Å². The summed E-state index contributed by atoms with van der Waals surface area (Å²) in [5.74, 6) is 0.906. The third-order valence-electron chi connectivity index (χ3n) is 4.61. The van der Waals surface area contributed by atoms with E-state index in [1.807, 2.05) is 0 Å². The monoisotopic (exact) mass is 373 g/mol. The molecule has 2 aromatic rings. The number of amides is 1. The van der Waals surface area contributed by atoms with Gasteiger partial charge in [0.05, 0.1) is 26.5 Å². The van der Waals surface area contributed by atoms with Gasteiger partial charge in [0.2, 0.25) is 5.91 Å². The first kappa shape index (κ1) is 19.0. The Morgan fingerprint density at radius 1 is 1.04 bits per heavy atom. The van der Waals surface area contributed by atoms with Gasteiger partial charge in [0.1, 0.15) is 17.3 Å². The molecule has 0 spiro atoms. The molecule has 0 bridgehead atoms. The average molecular weight is 373 g/mol. The molecule has 3 rings (SSSR count). The van der Waals surface area contributed by atoms with Crippen LogP contribution in [0.3, 0.4) is 0 Å². The Morgan fingerprint density at radius 2 is 1.74 bits per heavy atom. The van der Waals surface area contributed by atoms with Crippen LogP contribution in [0, 0.1) is 5.82 Å². The van der Waals surface area contributed by atoms with Gasteiger partial charge >= 0.3 is 0 Å².